The van der Waals surface area contributed by atoms with Crippen molar-refractivity contribution < 1.29 is 32.9 Å². The molecule has 0 aliphatic rings. The topological polar surface area (TPSA) is 75.6 Å². The molecule has 1 N–H and O–H groups in total. The second kappa shape index (κ2) is 43.0. The summed E-state index contributed by atoms with van der Waals surface area (Å²) in [4.78, 5) is 10.5. The van der Waals surface area contributed by atoms with Crippen LogP contribution in [0.15, 0.2) is 24.3 Å². The van der Waals surface area contributed by atoms with E-state index in [1.165, 1.54) is 167 Å². The average Bonchev–Trinajstić information content (AvgIpc) is 3.16. The molecular formula is C44H87O7PS. The molecule has 316 valence electrons. The Balaban J connectivity index is 3.71. The molecular weight excluding hydrogens is 704 g/mol. The molecule has 0 aromatic carbocycles. The summed E-state index contributed by atoms with van der Waals surface area (Å²) < 4.78 is 33.7. The van der Waals surface area contributed by atoms with E-state index in [0.717, 1.165) is 12.8 Å². The Morgan fingerprint density at radius 2 is 0.717 bits per heavy atom. The normalized spacial score (nSPS) is 14.4. The standard InChI is InChI=1S/C44H87O7PS/c1-5-7-9-11-13-15-17-19-21-23-25-27-29-31-33-35-37-48-39-43(46-3)41-50-52(45,53)51-42-44(47-4)40-49-38-36-34-32-30-28-26-24-22-20-18-16-14-12-10-8-6-2/h19-22,43-44H,5-18,23-42H2,1-4H3,(H,45,53). The SMILES string of the molecule is CCCCCCCCC=CCCCCCCCCOCC(COP(O)(=S)OCC(COCCCCCCCCC=CCCCCCCCC)OC)OC. The fourth-order valence-corrected chi connectivity index (χ4v) is 7.24. The first-order valence-electron chi connectivity index (χ1n) is 22.1. The lowest BCUT2D eigenvalue weighted by Crippen LogP contribution is -2.26. The molecule has 0 fully saturated rings. The largest absolute Gasteiger partial charge is 0.379 e. The Bertz CT molecular complexity index is 766. The van der Waals surface area contributed by atoms with Crippen LogP contribution in [0.3, 0.4) is 0 Å². The maximum atomic E-state index is 10.5. The van der Waals surface area contributed by atoms with Crippen molar-refractivity contribution in [1.29, 1.82) is 0 Å². The number of hydrogen-bond donors (Lipinski definition) is 1. The Kier molecular flexibility index (Phi) is 42.9. The van der Waals surface area contributed by atoms with Crippen molar-refractivity contribution in [1.82, 2.24) is 0 Å². The van der Waals surface area contributed by atoms with Gasteiger partial charge in [-0.05, 0) is 76.0 Å². The maximum absolute atomic E-state index is 10.5. The van der Waals surface area contributed by atoms with Gasteiger partial charge in [0.05, 0.1) is 26.4 Å². The van der Waals surface area contributed by atoms with Crippen molar-refractivity contribution in [2.45, 2.75) is 206 Å². The van der Waals surface area contributed by atoms with Gasteiger partial charge in [-0.25, -0.2) is 0 Å². The molecule has 0 radical (unpaired) electrons. The van der Waals surface area contributed by atoms with Crippen LogP contribution in [0.2, 0.25) is 0 Å². The van der Waals surface area contributed by atoms with Crippen molar-refractivity contribution in [3.8, 4) is 0 Å². The molecule has 0 aliphatic heterocycles. The van der Waals surface area contributed by atoms with E-state index in [0.29, 0.717) is 26.4 Å². The number of hydrogen-bond acceptors (Lipinski definition) is 7. The Morgan fingerprint density at radius 3 is 1.02 bits per heavy atom. The number of methoxy groups -OCH3 is 2. The van der Waals surface area contributed by atoms with Gasteiger partial charge in [0.1, 0.15) is 12.2 Å². The van der Waals surface area contributed by atoms with E-state index in [4.69, 9.17) is 39.8 Å². The fraction of sp³-hybridized carbons (Fsp3) is 0.909. The van der Waals surface area contributed by atoms with Gasteiger partial charge in [0.2, 0.25) is 0 Å². The summed E-state index contributed by atoms with van der Waals surface area (Å²) in [5, 5.41) is 0. The van der Waals surface area contributed by atoms with Gasteiger partial charge in [-0.1, -0.05) is 154 Å². The Morgan fingerprint density at radius 1 is 0.434 bits per heavy atom. The Hall–Kier alpha value is -0.150. The highest BCUT2D eigenvalue weighted by Gasteiger charge is 2.21. The van der Waals surface area contributed by atoms with Crippen LogP contribution in [0.25, 0.3) is 0 Å². The van der Waals surface area contributed by atoms with Crippen LogP contribution in [0, 0.1) is 0 Å². The van der Waals surface area contributed by atoms with Crippen LogP contribution in [0.4, 0.5) is 0 Å². The minimum absolute atomic E-state index is 0.113. The third-order valence-electron chi connectivity index (χ3n) is 9.72. The van der Waals surface area contributed by atoms with Gasteiger partial charge in [-0.15, -0.1) is 0 Å². The van der Waals surface area contributed by atoms with Crippen LogP contribution in [0.1, 0.15) is 194 Å². The molecule has 2 atom stereocenters. The molecule has 2 unspecified atom stereocenters. The van der Waals surface area contributed by atoms with E-state index in [2.05, 4.69) is 38.2 Å². The van der Waals surface area contributed by atoms with E-state index >= 15 is 0 Å². The molecule has 0 spiro atoms. The minimum atomic E-state index is -3.43. The van der Waals surface area contributed by atoms with Gasteiger partial charge in [0, 0.05) is 27.4 Å². The second-order valence-corrected chi connectivity index (χ2v) is 17.6. The molecule has 0 aliphatic carbocycles. The first kappa shape index (κ1) is 52.9. The molecule has 0 aromatic rings. The van der Waals surface area contributed by atoms with Crippen molar-refractivity contribution >= 4 is 18.5 Å². The zero-order valence-corrected chi connectivity index (χ0v) is 37.0. The van der Waals surface area contributed by atoms with E-state index in [9.17, 15) is 4.89 Å². The lowest BCUT2D eigenvalue weighted by atomic mass is 10.1. The third-order valence-corrected chi connectivity index (χ3v) is 11.3. The molecule has 7 nitrogen and oxygen atoms in total. The Labute approximate surface area is 334 Å². The first-order valence-corrected chi connectivity index (χ1v) is 24.7. The fourth-order valence-electron chi connectivity index (χ4n) is 6.09. The van der Waals surface area contributed by atoms with Gasteiger partial charge in [0.25, 0.3) is 0 Å². The summed E-state index contributed by atoms with van der Waals surface area (Å²) in [7, 11) is 3.22. The van der Waals surface area contributed by atoms with E-state index in [1.54, 1.807) is 14.2 Å². The number of rotatable bonds is 44. The van der Waals surface area contributed by atoms with Crippen molar-refractivity contribution in [3.63, 3.8) is 0 Å². The smallest absolute Gasteiger partial charge is 0.324 e. The summed E-state index contributed by atoms with van der Waals surface area (Å²) in [5.74, 6) is 0. The summed E-state index contributed by atoms with van der Waals surface area (Å²) >= 11 is 5.22. The first-order chi connectivity index (χ1) is 26.0. The highest BCUT2D eigenvalue weighted by Crippen LogP contribution is 2.44. The van der Waals surface area contributed by atoms with Crippen LogP contribution in [-0.4, -0.2) is 71.0 Å². The average molecular weight is 791 g/mol. The highest BCUT2D eigenvalue weighted by molar-refractivity contribution is 8.07. The zero-order valence-electron chi connectivity index (χ0n) is 35.3. The quantitative estimate of drug-likeness (QED) is 0.0371. The number of ether oxygens (including phenoxy) is 4. The second-order valence-electron chi connectivity index (χ2n) is 14.8. The van der Waals surface area contributed by atoms with Gasteiger partial charge in [-0.3, -0.25) is 0 Å². The highest BCUT2D eigenvalue weighted by atomic mass is 32.5. The van der Waals surface area contributed by atoms with Crippen LogP contribution in [-0.2, 0) is 39.8 Å². The van der Waals surface area contributed by atoms with Crippen LogP contribution >= 0.6 is 6.72 Å². The number of allylic oxidation sites excluding steroid dienone is 4. The lowest BCUT2D eigenvalue weighted by Gasteiger charge is -2.22. The van der Waals surface area contributed by atoms with E-state index < -0.39 is 6.72 Å². The molecule has 0 bridgehead atoms. The summed E-state index contributed by atoms with van der Waals surface area (Å²) in [6, 6.07) is 0. The van der Waals surface area contributed by atoms with Crippen molar-refractivity contribution in [2.24, 2.45) is 0 Å². The van der Waals surface area contributed by atoms with Crippen LogP contribution in [0.5, 0.6) is 0 Å². The summed E-state index contributed by atoms with van der Waals surface area (Å²) in [6.45, 7) is 3.51. The zero-order chi connectivity index (χ0) is 38.8. The summed E-state index contributed by atoms with van der Waals surface area (Å²) in [6.07, 6.45) is 45.0. The van der Waals surface area contributed by atoms with Crippen molar-refractivity contribution in [2.75, 3.05) is 53.9 Å². The van der Waals surface area contributed by atoms with Gasteiger partial charge in [0.15, 0.2) is 0 Å². The predicted octanol–water partition coefficient (Wildman–Crippen LogP) is 13.4. The predicted molar refractivity (Wildman–Crippen MR) is 231 cm³/mol. The van der Waals surface area contributed by atoms with Crippen molar-refractivity contribution in [3.05, 3.63) is 24.3 Å². The number of unbranched alkanes of at least 4 members (excludes halogenated alkanes) is 24. The maximum Gasteiger partial charge on any atom is 0.324 e. The molecule has 0 saturated carbocycles. The molecule has 0 amide bonds. The molecule has 0 saturated heterocycles. The van der Waals surface area contributed by atoms with Gasteiger partial charge >= 0.3 is 6.72 Å². The van der Waals surface area contributed by atoms with E-state index in [-0.39, 0.29) is 25.4 Å². The minimum Gasteiger partial charge on any atom is -0.379 e. The monoisotopic (exact) mass is 791 g/mol. The van der Waals surface area contributed by atoms with Crippen LogP contribution < -0.4 is 0 Å². The molecule has 0 heterocycles. The van der Waals surface area contributed by atoms with E-state index in [1.807, 2.05) is 0 Å². The molecule has 9 heteroatoms. The van der Waals surface area contributed by atoms with Gasteiger partial charge < -0.3 is 32.9 Å². The third kappa shape index (κ3) is 41.3. The molecule has 0 aromatic heterocycles. The van der Waals surface area contributed by atoms with Gasteiger partial charge in [-0.2, -0.15) is 0 Å². The lowest BCUT2D eigenvalue weighted by molar-refractivity contribution is -0.0296. The molecule has 0 rings (SSSR count). The molecule has 53 heavy (non-hydrogen) atoms. The summed E-state index contributed by atoms with van der Waals surface area (Å²) in [5.41, 5.74) is 0.